The van der Waals surface area contributed by atoms with Gasteiger partial charge in [-0.05, 0) is 43.3 Å². The Morgan fingerprint density at radius 3 is 2.54 bits per heavy atom. The molecule has 0 aliphatic carbocycles. The third kappa shape index (κ3) is 5.37. The van der Waals surface area contributed by atoms with E-state index in [1.807, 2.05) is 30.3 Å². The lowest BCUT2D eigenvalue weighted by Crippen LogP contribution is -2.26. The lowest BCUT2D eigenvalue weighted by atomic mass is 10.3. The van der Waals surface area contributed by atoms with Crippen molar-refractivity contribution in [2.45, 2.75) is 19.6 Å². The molecule has 0 aliphatic heterocycles. The Kier molecular flexibility index (Phi) is 5.95. The highest BCUT2D eigenvalue weighted by atomic mass is 19.1. The van der Waals surface area contributed by atoms with Crippen LogP contribution >= 0.6 is 0 Å². The highest BCUT2D eigenvalue weighted by molar-refractivity contribution is 5.74. The van der Waals surface area contributed by atoms with Gasteiger partial charge < -0.3 is 20.5 Å². The van der Waals surface area contributed by atoms with Crippen LogP contribution in [-0.4, -0.2) is 27.0 Å². The van der Waals surface area contributed by atoms with Crippen LogP contribution in [0.4, 0.5) is 22.0 Å². The number of halogens is 1. The van der Waals surface area contributed by atoms with E-state index in [9.17, 15) is 9.18 Å². The van der Waals surface area contributed by atoms with Crippen LogP contribution in [0.5, 0.6) is 5.75 Å². The van der Waals surface area contributed by atoms with E-state index in [0.29, 0.717) is 5.75 Å². The molecule has 0 bridgehead atoms. The van der Waals surface area contributed by atoms with Crippen LogP contribution in [0.1, 0.15) is 12.7 Å². The van der Waals surface area contributed by atoms with E-state index >= 15 is 0 Å². The molecule has 0 spiro atoms. The zero-order valence-corrected chi connectivity index (χ0v) is 15.0. The van der Waals surface area contributed by atoms with Crippen molar-refractivity contribution in [1.82, 2.24) is 15.0 Å². The number of nitrogens with one attached hydrogen (secondary N) is 1. The number of carbonyl (C=O) groups is 1. The average Bonchev–Trinajstić information content (AvgIpc) is 2.68. The Bertz CT molecular complexity index is 938. The number of para-hydroxylation sites is 1. The van der Waals surface area contributed by atoms with E-state index in [2.05, 4.69) is 20.3 Å². The Morgan fingerprint density at radius 2 is 1.82 bits per heavy atom. The SMILES string of the molecule is C[C@@H](Oc1ccc(F)cc1)C(=O)OCc1nc(N)nc(Nc2ccccc2)n1. The molecule has 0 radical (unpaired) electrons. The molecule has 144 valence electrons. The van der Waals surface area contributed by atoms with Crippen LogP contribution in [0.25, 0.3) is 0 Å². The largest absolute Gasteiger partial charge is 0.479 e. The highest BCUT2D eigenvalue weighted by Crippen LogP contribution is 2.15. The summed E-state index contributed by atoms with van der Waals surface area (Å²) in [5, 5.41) is 2.99. The molecule has 1 heterocycles. The standard InChI is InChI=1S/C19H18FN5O3/c1-12(28-15-9-7-13(20)8-10-15)17(26)27-11-16-23-18(21)25-19(24-16)22-14-5-3-2-4-6-14/h2-10,12H,11H2,1H3,(H3,21,22,23,24,25)/t12-/m1/s1. The van der Waals surface area contributed by atoms with E-state index in [-0.39, 0.29) is 24.3 Å². The average molecular weight is 383 g/mol. The first kappa shape index (κ1) is 19.0. The van der Waals surface area contributed by atoms with E-state index in [0.717, 1.165) is 5.69 Å². The van der Waals surface area contributed by atoms with Gasteiger partial charge in [0.05, 0.1) is 0 Å². The Hall–Kier alpha value is -3.75. The van der Waals surface area contributed by atoms with Gasteiger partial charge in [-0.25, -0.2) is 9.18 Å². The maximum Gasteiger partial charge on any atom is 0.347 e. The molecule has 1 atom stereocenters. The summed E-state index contributed by atoms with van der Waals surface area (Å²) in [5.41, 5.74) is 6.47. The quantitative estimate of drug-likeness (QED) is 0.599. The number of aromatic nitrogens is 3. The summed E-state index contributed by atoms with van der Waals surface area (Å²) in [7, 11) is 0. The van der Waals surface area contributed by atoms with Crippen LogP contribution in [0, 0.1) is 5.82 Å². The summed E-state index contributed by atoms with van der Waals surface area (Å²) in [5.74, 6) is -0.246. The van der Waals surface area contributed by atoms with Crippen molar-refractivity contribution in [1.29, 1.82) is 0 Å². The maximum absolute atomic E-state index is 12.9. The number of rotatable bonds is 7. The summed E-state index contributed by atoms with van der Waals surface area (Å²) in [4.78, 5) is 24.2. The van der Waals surface area contributed by atoms with Gasteiger partial charge >= 0.3 is 5.97 Å². The molecule has 28 heavy (non-hydrogen) atoms. The van der Waals surface area contributed by atoms with Crippen LogP contribution in [-0.2, 0) is 16.1 Å². The molecular weight excluding hydrogens is 365 g/mol. The lowest BCUT2D eigenvalue weighted by molar-refractivity contribution is -0.152. The number of nitrogens with zero attached hydrogens (tertiary/aromatic N) is 3. The van der Waals surface area contributed by atoms with E-state index in [1.165, 1.54) is 31.2 Å². The summed E-state index contributed by atoms with van der Waals surface area (Å²) in [6, 6.07) is 14.6. The fourth-order valence-electron chi connectivity index (χ4n) is 2.23. The van der Waals surface area contributed by atoms with Crippen molar-refractivity contribution in [3.8, 4) is 5.75 Å². The van der Waals surface area contributed by atoms with Gasteiger partial charge in [0.15, 0.2) is 18.5 Å². The van der Waals surface area contributed by atoms with Gasteiger partial charge in [-0.1, -0.05) is 18.2 Å². The maximum atomic E-state index is 12.9. The minimum atomic E-state index is -0.897. The number of esters is 1. The number of anilines is 3. The van der Waals surface area contributed by atoms with E-state index < -0.39 is 17.9 Å². The van der Waals surface area contributed by atoms with Gasteiger partial charge in [-0.2, -0.15) is 15.0 Å². The Labute approximate surface area is 160 Å². The molecular formula is C19H18FN5O3. The van der Waals surface area contributed by atoms with Gasteiger partial charge in [0.25, 0.3) is 0 Å². The molecule has 1 aromatic heterocycles. The van der Waals surface area contributed by atoms with Gasteiger partial charge in [0.2, 0.25) is 11.9 Å². The third-order valence-corrected chi connectivity index (χ3v) is 3.53. The van der Waals surface area contributed by atoms with Crippen molar-refractivity contribution < 1.29 is 18.7 Å². The van der Waals surface area contributed by atoms with Crippen molar-refractivity contribution >= 4 is 23.6 Å². The van der Waals surface area contributed by atoms with E-state index in [1.54, 1.807) is 0 Å². The monoisotopic (exact) mass is 383 g/mol. The van der Waals surface area contributed by atoms with Crippen molar-refractivity contribution in [2.24, 2.45) is 0 Å². The van der Waals surface area contributed by atoms with Crippen molar-refractivity contribution in [3.05, 3.63) is 66.2 Å². The topological polar surface area (TPSA) is 112 Å². The number of benzene rings is 2. The number of hydrogen-bond donors (Lipinski definition) is 2. The van der Waals surface area contributed by atoms with Gasteiger partial charge in [-0.3, -0.25) is 0 Å². The number of hydrogen-bond acceptors (Lipinski definition) is 8. The Morgan fingerprint density at radius 1 is 1.11 bits per heavy atom. The Balaban J connectivity index is 1.58. The molecule has 3 aromatic rings. The normalized spacial score (nSPS) is 11.5. The van der Waals surface area contributed by atoms with Gasteiger partial charge in [0, 0.05) is 5.69 Å². The first-order valence-electron chi connectivity index (χ1n) is 8.41. The predicted octanol–water partition coefficient (Wildman–Crippen LogP) is 2.85. The summed E-state index contributed by atoms with van der Waals surface area (Å²) < 4.78 is 23.5. The molecule has 8 nitrogen and oxygen atoms in total. The van der Waals surface area contributed by atoms with Gasteiger partial charge in [-0.15, -0.1) is 0 Å². The first-order chi connectivity index (χ1) is 13.5. The molecule has 3 N–H and O–H groups in total. The number of ether oxygens (including phenoxy) is 2. The minimum absolute atomic E-state index is 0.00455. The van der Waals surface area contributed by atoms with Gasteiger partial charge in [0.1, 0.15) is 11.6 Å². The van der Waals surface area contributed by atoms with Crippen LogP contribution < -0.4 is 15.8 Å². The molecule has 0 saturated carbocycles. The molecule has 3 rings (SSSR count). The molecule has 0 fully saturated rings. The number of carbonyl (C=O) groups excluding carboxylic acids is 1. The molecule has 9 heteroatoms. The third-order valence-electron chi connectivity index (χ3n) is 3.53. The summed E-state index contributed by atoms with van der Waals surface area (Å²) in [6.45, 7) is 1.32. The van der Waals surface area contributed by atoms with Crippen molar-refractivity contribution in [2.75, 3.05) is 11.1 Å². The first-order valence-corrected chi connectivity index (χ1v) is 8.41. The minimum Gasteiger partial charge on any atom is -0.479 e. The zero-order valence-electron chi connectivity index (χ0n) is 15.0. The summed E-state index contributed by atoms with van der Waals surface area (Å²) >= 11 is 0. The van der Waals surface area contributed by atoms with Crippen molar-refractivity contribution in [3.63, 3.8) is 0 Å². The second-order valence-electron chi connectivity index (χ2n) is 5.75. The lowest BCUT2D eigenvalue weighted by Gasteiger charge is -2.14. The van der Waals surface area contributed by atoms with Crippen LogP contribution in [0.3, 0.4) is 0 Å². The molecule has 0 aliphatic rings. The summed E-state index contributed by atoms with van der Waals surface area (Å²) in [6.07, 6.45) is -0.897. The van der Waals surface area contributed by atoms with Crippen LogP contribution in [0.15, 0.2) is 54.6 Å². The predicted molar refractivity (Wildman–Crippen MR) is 100 cm³/mol. The fraction of sp³-hybridized carbons (Fsp3) is 0.158. The molecule has 0 unspecified atom stereocenters. The van der Waals surface area contributed by atoms with E-state index in [4.69, 9.17) is 15.2 Å². The smallest absolute Gasteiger partial charge is 0.347 e. The second kappa shape index (κ2) is 8.76. The fourth-order valence-corrected chi connectivity index (χ4v) is 2.23. The number of nitrogens with two attached hydrogens (primary N) is 1. The molecule has 0 amide bonds. The molecule has 0 saturated heterocycles. The molecule has 2 aromatic carbocycles. The second-order valence-corrected chi connectivity index (χ2v) is 5.75. The van der Waals surface area contributed by atoms with Crippen LogP contribution in [0.2, 0.25) is 0 Å². The number of nitrogen functional groups attached to an aromatic ring is 1. The zero-order chi connectivity index (χ0) is 19.9. The highest BCUT2D eigenvalue weighted by Gasteiger charge is 2.17.